The third-order valence-corrected chi connectivity index (χ3v) is 3.02. The molecule has 1 atom stereocenters. The van der Waals surface area contributed by atoms with E-state index in [9.17, 15) is 18.5 Å². The standard InChI is InChI=1S/C9H13N3O4S/c1-7(6-17(2,15)16)11-9-8(12(13)14)4-3-5-10-9/h3-5,7H,6H2,1-2H3,(H,10,11). The summed E-state index contributed by atoms with van der Waals surface area (Å²) >= 11 is 0. The number of hydrogen-bond donors (Lipinski definition) is 1. The van der Waals surface area contributed by atoms with Gasteiger partial charge in [0.15, 0.2) is 0 Å². The minimum atomic E-state index is -3.14. The molecule has 0 radical (unpaired) electrons. The highest BCUT2D eigenvalue weighted by molar-refractivity contribution is 7.90. The Balaban J connectivity index is 2.85. The molecule has 1 aromatic heterocycles. The van der Waals surface area contributed by atoms with Crippen molar-refractivity contribution in [2.24, 2.45) is 0 Å². The first-order valence-electron chi connectivity index (χ1n) is 4.83. The van der Waals surface area contributed by atoms with Crippen LogP contribution < -0.4 is 5.32 Å². The molecule has 0 aliphatic rings. The van der Waals surface area contributed by atoms with E-state index in [0.29, 0.717) is 0 Å². The Labute approximate surface area is 98.9 Å². The molecule has 1 aromatic rings. The first kappa shape index (κ1) is 13.4. The van der Waals surface area contributed by atoms with Gasteiger partial charge < -0.3 is 5.32 Å². The molecule has 94 valence electrons. The van der Waals surface area contributed by atoms with Gasteiger partial charge in [0.1, 0.15) is 9.84 Å². The van der Waals surface area contributed by atoms with Gasteiger partial charge in [-0.05, 0) is 13.0 Å². The van der Waals surface area contributed by atoms with Crippen molar-refractivity contribution in [1.82, 2.24) is 4.98 Å². The fraction of sp³-hybridized carbons (Fsp3) is 0.444. The Morgan fingerprint density at radius 2 is 2.24 bits per heavy atom. The van der Waals surface area contributed by atoms with Gasteiger partial charge in [0.2, 0.25) is 5.82 Å². The Morgan fingerprint density at radius 1 is 1.59 bits per heavy atom. The third-order valence-electron chi connectivity index (χ3n) is 1.92. The van der Waals surface area contributed by atoms with E-state index >= 15 is 0 Å². The van der Waals surface area contributed by atoms with Crippen LogP contribution in [0.1, 0.15) is 6.92 Å². The lowest BCUT2D eigenvalue weighted by molar-refractivity contribution is -0.384. The van der Waals surface area contributed by atoms with Crippen LogP contribution in [-0.2, 0) is 9.84 Å². The molecule has 1 unspecified atom stereocenters. The predicted molar refractivity (Wildman–Crippen MR) is 63.7 cm³/mol. The second-order valence-corrected chi connectivity index (χ2v) is 5.95. The van der Waals surface area contributed by atoms with Gasteiger partial charge in [-0.1, -0.05) is 0 Å². The van der Waals surface area contributed by atoms with Crippen molar-refractivity contribution in [3.8, 4) is 0 Å². The molecule has 0 aliphatic heterocycles. The van der Waals surface area contributed by atoms with Crippen LogP contribution in [0.2, 0.25) is 0 Å². The van der Waals surface area contributed by atoms with E-state index in [-0.39, 0.29) is 17.3 Å². The van der Waals surface area contributed by atoms with Crippen molar-refractivity contribution in [2.75, 3.05) is 17.3 Å². The van der Waals surface area contributed by atoms with Crippen LogP contribution in [0, 0.1) is 10.1 Å². The lowest BCUT2D eigenvalue weighted by Crippen LogP contribution is -2.25. The number of nitrogens with one attached hydrogen (secondary N) is 1. The van der Waals surface area contributed by atoms with E-state index in [2.05, 4.69) is 10.3 Å². The van der Waals surface area contributed by atoms with Gasteiger partial charge in [-0.3, -0.25) is 10.1 Å². The molecule has 0 fully saturated rings. The first-order chi connectivity index (χ1) is 7.79. The largest absolute Gasteiger partial charge is 0.361 e. The molecule has 0 spiro atoms. The second kappa shape index (κ2) is 5.09. The van der Waals surface area contributed by atoms with Crippen LogP contribution in [0.15, 0.2) is 18.3 Å². The van der Waals surface area contributed by atoms with E-state index in [1.54, 1.807) is 6.92 Å². The number of nitrogens with zero attached hydrogens (tertiary/aromatic N) is 2. The summed E-state index contributed by atoms with van der Waals surface area (Å²) in [5.74, 6) is -0.0329. The molecular formula is C9H13N3O4S. The summed E-state index contributed by atoms with van der Waals surface area (Å²) in [5, 5.41) is 13.4. The summed E-state index contributed by atoms with van der Waals surface area (Å²) < 4.78 is 22.1. The van der Waals surface area contributed by atoms with Gasteiger partial charge in [-0.25, -0.2) is 13.4 Å². The molecule has 1 heterocycles. The third kappa shape index (κ3) is 4.35. The van der Waals surface area contributed by atoms with Crippen molar-refractivity contribution in [2.45, 2.75) is 13.0 Å². The van der Waals surface area contributed by atoms with Gasteiger partial charge in [0.25, 0.3) is 0 Å². The number of hydrogen-bond acceptors (Lipinski definition) is 6. The van der Waals surface area contributed by atoms with Crippen molar-refractivity contribution < 1.29 is 13.3 Å². The van der Waals surface area contributed by atoms with Crippen molar-refractivity contribution in [3.05, 3.63) is 28.4 Å². The lowest BCUT2D eigenvalue weighted by Gasteiger charge is -2.12. The molecular weight excluding hydrogens is 246 g/mol. The number of rotatable bonds is 5. The molecule has 1 N–H and O–H groups in total. The zero-order chi connectivity index (χ0) is 13.1. The molecule has 0 aliphatic carbocycles. The summed E-state index contributed by atoms with van der Waals surface area (Å²) in [7, 11) is -3.14. The van der Waals surface area contributed by atoms with Crippen LogP contribution in [0.25, 0.3) is 0 Å². The minimum absolute atomic E-state index is 0.0775. The number of pyridine rings is 1. The van der Waals surface area contributed by atoms with Crippen LogP contribution in [0.5, 0.6) is 0 Å². The highest BCUT2D eigenvalue weighted by Gasteiger charge is 2.17. The van der Waals surface area contributed by atoms with Crippen LogP contribution >= 0.6 is 0 Å². The Hall–Kier alpha value is -1.70. The van der Waals surface area contributed by atoms with Crippen molar-refractivity contribution in [3.63, 3.8) is 0 Å². The van der Waals surface area contributed by atoms with E-state index < -0.39 is 20.8 Å². The summed E-state index contributed by atoms with van der Waals surface area (Å²) in [5.41, 5.74) is -0.173. The average Bonchev–Trinajstić information content (AvgIpc) is 2.14. The van der Waals surface area contributed by atoms with Crippen LogP contribution in [-0.4, -0.2) is 36.4 Å². The predicted octanol–water partition coefficient (Wildman–Crippen LogP) is 0.835. The monoisotopic (exact) mass is 259 g/mol. The minimum Gasteiger partial charge on any atom is -0.361 e. The van der Waals surface area contributed by atoms with Gasteiger partial charge in [-0.15, -0.1) is 0 Å². The van der Waals surface area contributed by atoms with Gasteiger partial charge >= 0.3 is 5.69 Å². The summed E-state index contributed by atoms with van der Waals surface area (Å²) in [6.07, 6.45) is 2.51. The molecule has 0 saturated heterocycles. The van der Waals surface area contributed by atoms with E-state index in [0.717, 1.165) is 6.26 Å². The maximum Gasteiger partial charge on any atom is 0.311 e. The van der Waals surface area contributed by atoms with Crippen LogP contribution in [0.3, 0.4) is 0 Å². The maximum absolute atomic E-state index is 11.1. The Kier molecular flexibility index (Phi) is 4.00. The normalized spacial score (nSPS) is 13.1. The zero-order valence-electron chi connectivity index (χ0n) is 9.45. The number of nitro groups is 1. The maximum atomic E-state index is 11.1. The fourth-order valence-corrected chi connectivity index (χ4v) is 2.38. The molecule has 8 heteroatoms. The van der Waals surface area contributed by atoms with Crippen molar-refractivity contribution in [1.29, 1.82) is 0 Å². The first-order valence-corrected chi connectivity index (χ1v) is 6.89. The Morgan fingerprint density at radius 3 is 2.76 bits per heavy atom. The van der Waals surface area contributed by atoms with E-state index in [1.165, 1.54) is 18.3 Å². The lowest BCUT2D eigenvalue weighted by atomic mass is 10.3. The number of aromatic nitrogens is 1. The van der Waals surface area contributed by atoms with Crippen LogP contribution in [0.4, 0.5) is 11.5 Å². The van der Waals surface area contributed by atoms with Gasteiger partial charge in [0.05, 0.1) is 10.7 Å². The molecule has 0 saturated carbocycles. The number of sulfone groups is 1. The number of anilines is 1. The highest BCUT2D eigenvalue weighted by atomic mass is 32.2. The fourth-order valence-electron chi connectivity index (χ4n) is 1.38. The summed E-state index contributed by atoms with van der Waals surface area (Å²) in [4.78, 5) is 14.0. The second-order valence-electron chi connectivity index (χ2n) is 3.77. The topological polar surface area (TPSA) is 102 Å². The summed E-state index contributed by atoms with van der Waals surface area (Å²) in [6, 6.07) is 2.31. The molecule has 17 heavy (non-hydrogen) atoms. The van der Waals surface area contributed by atoms with E-state index in [4.69, 9.17) is 0 Å². The Bertz CT molecular complexity index is 515. The zero-order valence-corrected chi connectivity index (χ0v) is 10.3. The molecule has 1 rings (SSSR count). The van der Waals surface area contributed by atoms with Gasteiger partial charge in [0, 0.05) is 24.6 Å². The van der Waals surface area contributed by atoms with Crippen molar-refractivity contribution >= 4 is 21.3 Å². The van der Waals surface area contributed by atoms with E-state index in [1.807, 2.05) is 0 Å². The average molecular weight is 259 g/mol. The highest BCUT2D eigenvalue weighted by Crippen LogP contribution is 2.21. The quantitative estimate of drug-likeness (QED) is 0.620. The smallest absolute Gasteiger partial charge is 0.311 e. The molecule has 0 aromatic carbocycles. The molecule has 0 amide bonds. The van der Waals surface area contributed by atoms with Gasteiger partial charge in [-0.2, -0.15) is 0 Å². The summed E-state index contributed by atoms with van der Waals surface area (Å²) in [6.45, 7) is 1.62. The molecule has 7 nitrogen and oxygen atoms in total. The SMILES string of the molecule is CC(CS(C)(=O)=O)Nc1ncccc1[N+](=O)[O-]. The molecule has 0 bridgehead atoms.